The topological polar surface area (TPSA) is 62.0 Å². The molecule has 0 saturated carbocycles. The number of nitrogens with one attached hydrogen (secondary N) is 2. The SMILES string of the molecule is O=C(NCc1ccc(F)c(Cl)c1)c1cc(=O)c2ccccc2[nH]1. The zero-order chi connectivity index (χ0) is 16.4. The van der Waals surface area contributed by atoms with E-state index in [9.17, 15) is 14.0 Å². The van der Waals surface area contributed by atoms with Crippen molar-refractivity contribution in [3.05, 3.63) is 80.9 Å². The Morgan fingerprint density at radius 3 is 2.74 bits per heavy atom. The average Bonchev–Trinajstić information content (AvgIpc) is 2.55. The molecule has 0 atom stereocenters. The van der Waals surface area contributed by atoms with Crippen molar-refractivity contribution in [2.75, 3.05) is 0 Å². The second-order valence-corrected chi connectivity index (χ2v) is 5.43. The minimum atomic E-state index is -0.513. The van der Waals surface area contributed by atoms with E-state index in [1.807, 2.05) is 0 Å². The normalized spacial score (nSPS) is 10.7. The van der Waals surface area contributed by atoms with Crippen LogP contribution in [0.1, 0.15) is 16.1 Å². The molecule has 0 unspecified atom stereocenters. The van der Waals surface area contributed by atoms with Crippen LogP contribution in [-0.4, -0.2) is 10.9 Å². The van der Waals surface area contributed by atoms with Crippen molar-refractivity contribution in [3.63, 3.8) is 0 Å². The zero-order valence-corrected chi connectivity index (χ0v) is 12.7. The fraction of sp³-hybridized carbons (Fsp3) is 0.0588. The largest absolute Gasteiger partial charge is 0.350 e. The quantitative estimate of drug-likeness (QED) is 0.774. The van der Waals surface area contributed by atoms with Crippen molar-refractivity contribution in [3.8, 4) is 0 Å². The molecule has 23 heavy (non-hydrogen) atoms. The predicted molar refractivity (Wildman–Crippen MR) is 87.1 cm³/mol. The lowest BCUT2D eigenvalue weighted by Crippen LogP contribution is -2.25. The van der Waals surface area contributed by atoms with Crippen molar-refractivity contribution >= 4 is 28.4 Å². The molecule has 0 aliphatic rings. The molecule has 0 fully saturated rings. The van der Waals surface area contributed by atoms with Gasteiger partial charge in [0.2, 0.25) is 0 Å². The zero-order valence-electron chi connectivity index (χ0n) is 11.9. The molecule has 1 aromatic heterocycles. The maximum Gasteiger partial charge on any atom is 0.268 e. The van der Waals surface area contributed by atoms with Crippen LogP contribution in [0, 0.1) is 5.82 Å². The Hall–Kier alpha value is -2.66. The third-order valence-corrected chi connectivity index (χ3v) is 3.71. The van der Waals surface area contributed by atoms with Crippen molar-refractivity contribution in [1.29, 1.82) is 0 Å². The number of amides is 1. The van der Waals surface area contributed by atoms with E-state index in [4.69, 9.17) is 11.6 Å². The van der Waals surface area contributed by atoms with E-state index in [2.05, 4.69) is 10.3 Å². The van der Waals surface area contributed by atoms with Crippen LogP contribution in [0.4, 0.5) is 4.39 Å². The number of pyridine rings is 1. The van der Waals surface area contributed by atoms with E-state index >= 15 is 0 Å². The number of carbonyl (C=O) groups excluding carboxylic acids is 1. The van der Waals surface area contributed by atoms with Crippen molar-refractivity contribution in [2.24, 2.45) is 0 Å². The monoisotopic (exact) mass is 330 g/mol. The molecule has 3 rings (SSSR count). The van der Waals surface area contributed by atoms with Gasteiger partial charge >= 0.3 is 0 Å². The number of para-hydroxylation sites is 1. The fourth-order valence-electron chi connectivity index (χ4n) is 2.25. The van der Waals surface area contributed by atoms with Crippen LogP contribution in [0.5, 0.6) is 0 Å². The number of aromatic nitrogens is 1. The molecule has 2 aromatic carbocycles. The summed E-state index contributed by atoms with van der Waals surface area (Å²) in [4.78, 5) is 27.1. The highest BCUT2D eigenvalue weighted by molar-refractivity contribution is 6.30. The summed E-state index contributed by atoms with van der Waals surface area (Å²) >= 11 is 5.70. The van der Waals surface area contributed by atoms with E-state index in [1.54, 1.807) is 24.3 Å². The Morgan fingerprint density at radius 2 is 1.96 bits per heavy atom. The van der Waals surface area contributed by atoms with Gasteiger partial charge < -0.3 is 10.3 Å². The summed E-state index contributed by atoms with van der Waals surface area (Å²) in [5, 5.41) is 3.18. The van der Waals surface area contributed by atoms with Crippen LogP contribution in [0.2, 0.25) is 5.02 Å². The van der Waals surface area contributed by atoms with Crippen LogP contribution in [0.3, 0.4) is 0 Å². The standard InChI is InChI=1S/C17H12ClFN2O2/c18-12-7-10(5-6-13(12)19)9-20-17(23)15-8-16(22)11-3-1-2-4-14(11)21-15/h1-8H,9H2,(H,20,23)(H,21,22). The van der Waals surface area contributed by atoms with Gasteiger partial charge in [-0.05, 0) is 29.8 Å². The maximum absolute atomic E-state index is 13.1. The van der Waals surface area contributed by atoms with Crippen LogP contribution < -0.4 is 10.7 Å². The Labute approximate surface area is 135 Å². The third-order valence-electron chi connectivity index (χ3n) is 3.42. The Balaban J connectivity index is 1.80. The molecule has 0 bridgehead atoms. The molecule has 0 saturated heterocycles. The molecule has 2 N–H and O–H groups in total. The van der Waals surface area contributed by atoms with Crippen molar-refractivity contribution in [1.82, 2.24) is 10.3 Å². The number of fused-ring (bicyclic) bond motifs is 1. The van der Waals surface area contributed by atoms with E-state index in [-0.39, 0.29) is 22.7 Å². The summed E-state index contributed by atoms with van der Waals surface area (Å²) in [6.07, 6.45) is 0. The first-order valence-corrected chi connectivity index (χ1v) is 7.26. The van der Waals surface area contributed by atoms with Crippen LogP contribution in [0.15, 0.2) is 53.3 Å². The summed E-state index contributed by atoms with van der Waals surface area (Å²) < 4.78 is 13.1. The van der Waals surface area contributed by atoms with E-state index in [0.717, 1.165) is 0 Å². The summed E-state index contributed by atoms with van der Waals surface area (Å²) in [7, 11) is 0. The van der Waals surface area contributed by atoms with Crippen molar-refractivity contribution < 1.29 is 9.18 Å². The molecule has 116 valence electrons. The minimum Gasteiger partial charge on any atom is -0.350 e. The molecule has 3 aromatic rings. The summed E-state index contributed by atoms with van der Waals surface area (Å²) in [5.74, 6) is -0.936. The average molecular weight is 331 g/mol. The minimum absolute atomic E-state index is 0.00383. The van der Waals surface area contributed by atoms with Crippen LogP contribution in [-0.2, 0) is 6.54 Å². The summed E-state index contributed by atoms with van der Waals surface area (Å²) in [5.41, 5.74) is 1.19. The first-order chi connectivity index (χ1) is 11.0. The Kier molecular flexibility index (Phi) is 4.12. The molecule has 1 heterocycles. The van der Waals surface area contributed by atoms with E-state index in [0.29, 0.717) is 16.5 Å². The van der Waals surface area contributed by atoms with Gasteiger partial charge in [0.1, 0.15) is 11.5 Å². The lowest BCUT2D eigenvalue weighted by Gasteiger charge is -2.07. The second-order valence-electron chi connectivity index (χ2n) is 5.02. The van der Waals surface area contributed by atoms with Crippen LogP contribution >= 0.6 is 11.6 Å². The number of hydrogen-bond acceptors (Lipinski definition) is 2. The highest BCUT2D eigenvalue weighted by Gasteiger charge is 2.10. The Morgan fingerprint density at radius 1 is 1.17 bits per heavy atom. The molecule has 0 spiro atoms. The molecule has 0 aliphatic carbocycles. The lowest BCUT2D eigenvalue weighted by atomic mass is 10.2. The second kappa shape index (κ2) is 6.22. The van der Waals surface area contributed by atoms with Gasteiger partial charge in [0.15, 0.2) is 5.43 Å². The molecule has 1 amide bonds. The number of hydrogen-bond donors (Lipinski definition) is 2. The first kappa shape index (κ1) is 15.2. The summed E-state index contributed by atoms with van der Waals surface area (Å²) in [6.45, 7) is 0.174. The maximum atomic E-state index is 13.1. The highest BCUT2D eigenvalue weighted by Crippen LogP contribution is 2.16. The molecule has 0 aliphatic heterocycles. The van der Waals surface area contributed by atoms with Gasteiger partial charge in [-0.15, -0.1) is 0 Å². The smallest absolute Gasteiger partial charge is 0.268 e. The van der Waals surface area contributed by atoms with Gasteiger partial charge in [0.25, 0.3) is 5.91 Å². The van der Waals surface area contributed by atoms with Gasteiger partial charge in [-0.3, -0.25) is 9.59 Å². The number of carbonyl (C=O) groups is 1. The number of halogens is 2. The first-order valence-electron chi connectivity index (χ1n) is 6.89. The molecule has 6 heteroatoms. The third kappa shape index (κ3) is 3.24. The number of aromatic amines is 1. The highest BCUT2D eigenvalue weighted by atomic mass is 35.5. The number of benzene rings is 2. The van der Waals surface area contributed by atoms with Gasteiger partial charge in [-0.1, -0.05) is 29.8 Å². The van der Waals surface area contributed by atoms with Gasteiger partial charge in [-0.2, -0.15) is 0 Å². The van der Waals surface area contributed by atoms with Gasteiger partial charge in [0.05, 0.1) is 5.02 Å². The molecule has 0 radical (unpaired) electrons. The Bertz CT molecular complexity index is 953. The van der Waals surface area contributed by atoms with Gasteiger partial charge in [-0.25, -0.2) is 4.39 Å². The fourth-order valence-corrected chi connectivity index (χ4v) is 2.45. The lowest BCUT2D eigenvalue weighted by molar-refractivity contribution is 0.0946. The molecular formula is C17H12ClFN2O2. The van der Waals surface area contributed by atoms with E-state index in [1.165, 1.54) is 24.3 Å². The number of rotatable bonds is 3. The summed E-state index contributed by atoms with van der Waals surface area (Å²) in [6, 6.07) is 12.4. The molecular weight excluding hydrogens is 319 g/mol. The van der Waals surface area contributed by atoms with Gasteiger partial charge in [0, 0.05) is 23.5 Å². The van der Waals surface area contributed by atoms with Crippen molar-refractivity contribution in [2.45, 2.75) is 6.54 Å². The molecule has 4 nitrogen and oxygen atoms in total. The van der Waals surface area contributed by atoms with Crippen LogP contribution in [0.25, 0.3) is 10.9 Å². The predicted octanol–water partition coefficient (Wildman–Crippen LogP) is 3.25. The van der Waals surface area contributed by atoms with E-state index < -0.39 is 11.7 Å². The number of H-pyrrole nitrogens is 1.